The highest BCUT2D eigenvalue weighted by atomic mass is 19.4. The van der Waals surface area contributed by atoms with Crippen molar-refractivity contribution in [3.63, 3.8) is 0 Å². The van der Waals surface area contributed by atoms with E-state index < -0.39 is 41.0 Å². The summed E-state index contributed by atoms with van der Waals surface area (Å²) in [5.41, 5.74) is -2.31. The van der Waals surface area contributed by atoms with Crippen molar-refractivity contribution in [3.8, 4) is 0 Å². The number of rotatable bonds is 11. The van der Waals surface area contributed by atoms with Crippen molar-refractivity contribution in [3.05, 3.63) is 35.1 Å². The third kappa shape index (κ3) is 7.86. The summed E-state index contributed by atoms with van der Waals surface area (Å²) >= 11 is 0. The first-order valence-electron chi connectivity index (χ1n) is 9.51. The highest BCUT2D eigenvalue weighted by Crippen LogP contribution is 2.32. The van der Waals surface area contributed by atoms with Gasteiger partial charge in [-0.05, 0) is 25.5 Å². The fourth-order valence-corrected chi connectivity index (χ4v) is 2.62. The van der Waals surface area contributed by atoms with Crippen LogP contribution in [0.2, 0.25) is 0 Å². The summed E-state index contributed by atoms with van der Waals surface area (Å²) in [6.07, 6.45) is 2.46. The zero-order valence-corrected chi connectivity index (χ0v) is 16.2. The molecule has 0 aromatic heterocycles. The van der Waals surface area contributed by atoms with E-state index in [1.165, 1.54) is 26.2 Å². The van der Waals surface area contributed by atoms with Crippen LogP contribution in [0.5, 0.6) is 0 Å². The average molecular weight is 405 g/mol. The molecular weight excluding hydrogens is 378 g/mol. The molecule has 1 unspecified atom stereocenters. The van der Waals surface area contributed by atoms with Crippen molar-refractivity contribution in [2.75, 3.05) is 6.61 Å². The first kappa shape index (κ1) is 23.9. The summed E-state index contributed by atoms with van der Waals surface area (Å²) in [7, 11) is 0. The van der Waals surface area contributed by atoms with Crippen molar-refractivity contribution >= 4 is 11.9 Å². The maximum absolute atomic E-state index is 14.0. The monoisotopic (exact) mass is 405 g/mol. The van der Waals surface area contributed by atoms with E-state index in [-0.39, 0.29) is 6.61 Å². The van der Waals surface area contributed by atoms with Crippen molar-refractivity contribution in [2.45, 2.75) is 71.0 Å². The number of carbonyl (C=O) groups excluding carboxylic acids is 2. The molecule has 0 aliphatic heterocycles. The Morgan fingerprint density at radius 1 is 1.07 bits per heavy atom. The molecule has 1 aromatic carbocycles. The zero-order valence-electron chi connectivity index (χ0n) is 16.2. The predicted molar refractivity (Wildman–Crippen MR) is 97.3 cm³/mol. The minimum absolute atomic E-state index is 0.199. The molecule has 0 saturated carbocycles. The van der Waals surface area contributed by atoms with Crippen LogP contribution in [-0.2, 0) is 15.7 Å². The number of amides is 1. The molecule has 1 aromatic rings. The van der Waals surface area contributed by atoms with Crippen LogP contribution in [0, 0.1) is 5.82 Å². The smallest absolute Gasteiger partial charge is 0.419 e. The van der Waals surface area contributed by atoms with Gasteiger partial charge in [0.25, 0.3) is 5.91 Å². The lowest BCUT2D eigenvalue weighted by Gasteiger charge is -2.15. The molecule has 0 radical (unpaired) electrons. The van der Waals surface area contributed by atoms with E-state index in [4.69, 9.17) is 4.74 Å². The Bertz CT molecular complexity index is 647. The molecule has 0 heterocycles. The number of carbonyl (C=O) groups is 2. The highest BCUT2D eigenvalue weighted by Gasteiger charge is 2.36. The molecule has 1 N–H and O–H groups in total. The van der Waals surface area contributed by atoms with Crippen LogP contribution in [-0.4, -0.2) is 24.5 Å². The van der Waals surface area contributed by atoms with Crippen molar-refractivity contribution in [1.82, 2.24) is 5.32 Å². The van der Waals surface area contributed by atoms with Gasteiger partial charge in [0, 0.05) is 0 Å². The molecule has 0 aliphatic carbocycles. The van der Waals surface area contributed by atoms with E-state index in [9.17, 15) is 27.2 Å². The Balaban J connectivity index is 2.45. The topological polar surface area (TPSA) is 55.4 Å². The number of unbranched alkanes of at least 4 members (excludes halogenated alkanes) is 6. The normalized spacial score (nSPS) is 12.5. The van der Waals surface area contributed by atoms with E-state index in [1.807, 2.05) is 0 Å². The van der Waals surface area contributed by atoms with Crippen molar-refractivity contribution in [1.29, 1.82) is 0 Å². The number of hydrogen-bond acceptors (Lipinski definition) is 3. The van der Waals surface area contributed by atoms with E-state index in [0.717, 1.165) is 31.4 Å². The van der Waals surface area contributed by atoms with Crippen LogP contribution in [0.25, 0.3) is 0 Å². The molecule has 0 fully saturated rings. The maximum atomic E-state index is 14.0. The van der Waals surface area contributed by atoms with E-state index in [0.29, 0.717) is 12.5 Å². The minimum atomic E-state index is -4.92. The van der Waals surface area contributed by atoms with Crippen molar-refractivity contribution in [2.24, 2.45) is 0 Å². The third-order valence-electron chi connectivity index (χ3n) is 4.24. The number of benzene rings is 1. The lowest BCUT2D eigenvalue weighted by Crippen LogP contribution is -2.40. The second kappa shape index (κ2) is 11.7. The average Bonchev–Trinajstić information content (AvgIpc) is 2.62. The number of alkyl halides is 3. The molecule has 8 heteroatoms. The molecule has 1 rings (SSSR count). The lowest BCUT2D eigenvalue weighted by atomic mass is 10.1. The van der Waals surface area contributed by atoms with Gasteiger partial charge in [-0.1, -0.05) is 51.5 Å². The van der Waals surface area contributed by atoms with Gasteiger partial charge in [-0.15, -0.1) is 0 Å². The lowest BCUT2D eigenvalue weighted by molar-refractivity contribution is -0.145. The van der Waals surface area contributed by atoms with Crippen molar-refractivity contribution < 1.29 is 31.9 Å². The van der Waals surface area contributed by atoms with Crippen LogP contribution in [0.3, 0.4) is 0 Å². The minimum Gasteiger partial charge on any atom is -0.464 e. The maximum Gasteiger partial charge on any atom is 0.419 e. The van der Waals surface area contributed by atoms with Gasteiger partial charge in [0.1, 0.15) is 11.9 Å². The van der Waals surface area contributed by atoms with E-state index in [1.54, 1.807) is 0 Å². The molecule has 0 aliphatic rings. The quantitative estimate of drug-likeness (QED) is 0.311. The summed E-state index contributed by atoms with van der Waals surface area (Å²) in [5.74, 6) is -3.49. The Morgan fingerprint density at radius 2 is 1.68 bits per heavy atom. The molecular formula is C20H27F4NO3. The van der Waals surface area contributed by atoms with E-state index in [2.05, 4.69) is 12.2 Å². The summed E-state index contributed by atoms with van der Waals surface area (Å²) in [4.78, 5) is 23.9. The number of ether oxygens (including phenoxy) is 1. The molecule has 0 spiro atoms. The van der Waals surface area contributed by atoms with Gasteiger partial charge in [0.05, 0.1) is 17.7 Å². The summed E-state index contributed by atoms with van der Waals surface area (Å²) in [5, 5.41) is 2.17. The van der Waals surface area contributed by atoms with Gasteiger partial charge < -0.3 is 10.1 Å². The first-order chi connectivity index (χ1) is 13.2. The summed E-state index contributed by atoms with van der Waals surface area (Å²) in [6, 6.07) is 1.30. The summed E-state index contributed by atoms with van der Waals surface area (Å²) < 4.78 is 57.2. The Hall–Kier alpha value is -2.12. The van der Waals surface area contributed by atoms with Gasteiger partial charge in [-0.2, -0.15) is 13.2 Å². The van der Waals surface area contributed by atoms with Crippen LogP contribution < -0.4 is 5.32 Å². The molecule has 1 atom stereocenters. The van der Waals surface area contributed by atoms with Gasteiger partial charge in [0.15, 0.2) is 0 Å². The Labute approximate surface area is 162 Å². The van der Waals surface area contributed by atoms with E-state index >= 15 is 0 Å². The fourth-order valence-electron chi connectivity index (χ4n) is 2.62. The van der Waals surface area contributed by atoms with Crippen LogP contribution in [0.4, 0.5) is 17.6 Å². The number of nitrogens with one attached hydrogen (secondary N) is 1. The fraction of sp³-hybridized carbons (Fsp3) is 0.600. The molecule has 1 amide bonds. The van der Waals surface area contributed by atoms with Crippen LogP contribution in [0.1, 0.15) is 74.7 Å². The zero-order chi connectivity index (χ0) is 21.2. The predicted octanol–water partition coefficient (Wildman–Crippen LogP) is 5.26. The van der Waals surface area contributed by atoms with Crippen LogP contribution in [0.15, 0.2) is 18.2 Å². The molecule has 4 nitrogen and oxygen atoms in total. The molecule has 158 valence electrons. The third-order valence-corrected chi connectivity index (χ3v) is 4.24. The Morgan fingerprint density at radius 3 is 2.29 bits per heavy atom. The van der Waals surface area contributed by atoms with Gasteiger partial charge in [0.2, 0.25) is 0 Å². The molecule has 0 saturated heterocycles. The number of hydrogen-bond donors (Lipinski definition) is 1. The first-order valence-corrected chi connectivity index (χ1v) is 9.51. The SMILES string of the molecule is CCCCCCCCCOC(=O)C(C)NC(=O)c1cccc(C(F)(F)F)c1F. The second-order valence-corrected chi connectivity index (χ2v) is 6.65. The van der Waals surface area contributed by atoms with Gasteiger partial charge >= 0.3 is 12.1 Å². The summed E-state index contributed by atoms with van der Waals surface area (Å²) in [6.45, 7) is 3.67. The number of esters is 1. The van der Waals surface area contributed by atoms with Gasteiger partial charge in [-0.25, -0.2) is 9.18 Å². The highest BCUT2D eigenvalue weighted by molar-refractivity contribution is 5.97. The second-order valence-electron chi connectivity index (χ2n) is 6.65. The standard InChI is InChI=1S/C20H27F4NO3/c1-3-4-5-6-7-8-9-13-28-19(27)14(2)25-18(26)15-11-10-12-16(17(15)21)20(22,23)24/h10-12,14H,3-9,13H2,1-2H3,(H,25,26). The molecule has 0 bridgehead atoms. The number of halogens is 4. The van der Waals surface area contributed by atoms with Crippen LogP contribution >= 0.6 is 0 Å². The molecule has 28 heavy (non-hydrogen) atoms. The van der Waals surface area contributed by atoms with Gasteiger partial charge in [-0.3, -0.25) is 4.79 Å². The largest absolute Gasteiger partial charge is 0.464 e. The Kier molecular flexibility index (Phi) is 9.96.